The van der Waals surface area contributed by atoms with Crippen molar-refractivity contribution in [3.8, 4) is 0 Å². The zero-order valence-corrected chi connectivity index (χ0v) is 9.68. The first kappa shape index (κ1) is 11.9. The molecule has 1 saturated heterocycles. The van der Waals surface area contributed by atoms with Crippen LogP contribution >= 0.6 is 0 Å². The largest absolute Gasteiger partial charge is 0.327 e. The Bertz CT molecular complexity index is 275. The molecule has 1 aliphatic heterocycles. The maximum atomic E-state index is 11.3. The molecule has 0 spiro atoms. The van der Waals surface area contributed by atoms with E-state index in [0.717, 1.165) is 12.8 Å². The third kappa shape index (κ3) is 3.55. The first-order valence-corrected chi connectivity index (χ1v) is 6.95. The van der Waals surface area contributed by atoms with Gasteiger partial charge in [-0.1, -0.05) is 0 Å². The Morgan fingerprint density at radius 2 is 2.07 bits per heavy atom. The third-order valence-electron chi connectivity index (χ3n) is 2.75. The van der Waals surface area contributed by atoms with Gasteiger partial charge in [-0.3, -0.25) is 0 Å². The van der Waals surface area contributed by atoms with Crippen LogP contribution in [0.3, 0.4) is 0 Å². The zero-order valence-electron chi connectivity index (χ0n) is 8.86. The summed E-state index contributed by atoms with van der Waals surface area (Å²) in [6, 6.07) is 0.322. The van der Waals surface area contributed by atoms with Gasteiger partial charge in [0.05, 0.1) is 11.5 Å². The maximum Gasteiger partial charge on any atom is 0.151 e. The number of rotatable bonds is 3. The van der Waals surface area contributed by atoms with Crippen molar-refractivity contribution in [3.05, 3.63) is 0 Å². The van der Waals surface area contributed by atoms with Gasteiger partial charge in [0.25, 0.3) is 0 Å². The lowest BCUT2D eigenvalue weighted by Gasteiger charge is -2.28. The highest BCUT2D eigenvalue weighted by Gasteiger charge is 2.25. The number of nitrogens with two attached hydrogens (primary N) is 1. The fourth-order valence-corrected chi connectivity index (χ4v) is 3.33. The Morgan fingerprint density at radius 3 is 2.57 bits per heavy atom. The molecule has 1 rings (SSSR count). The molecule has 14 heavy (non-hydrogen) atoms. The molecule has 0 saturated carbocycles. The zero-order chi connectivity index (χ0) is 10.8. The summed E-state index contributed by atoms with van der Waals surface area (Å²) in [5.74, 6) is 0.613. The topological polar surface area (TPSA) is 72.2 Å². The highest BCUT2D eigenvalue weighted by atomic mass is 32.2. The summed E-state index contributed by atoms with van der Waals surface area (Å²) < 4.78 is 22.7. The van der Waals surface area contributed by atoms with Crippen LogP contribution in [0.1, 0.15) is 26.7 Å². The Morgan fingerprint density at radius 1 is 1.43 bits per heavy atom. The predicted octanol–water partition coefficient (Wildman–Crippen LogP) is -0.111. The molecule has 5 heteroatoms. The van der Waals surface area contributed by atoms with E-state index in [0.29, 0.717) is 5.75 Å². The average molecular weight is 220 g/mol. The first-order valence-electron chi connectivity index (χ1n) is 5.13. The van der Waals surface area contributed by atoms with Crippen LogP contribution in [0.2, 0.25) is 0 Å². The van der Waals surface area contributed by atoms with E-state index >= 15 is 0 Å². The number of sulfone groups is 1. The van der Waals surface area contributed by atoms with E-state index in [1.165, 1.54) is 0 Å². The summed E-state index contributed by atoms with van der Waals surface area (Å²) in [5, 5.41) is 3.27. The highest BCUT2D eigenvalue weighted by Crippen LogP contribution is 2.12. The van der Waals surface area contributed by atoms with Crippen LogP contribution in [0.5, 0.6) is 0 Å². The molecule has 1 heterocycles. The second-order valence-corrected chi connectivity index (χ2v) is 6.50. The molecule has 3 N–H and O–H groups in total. The van der Waals surface area contributed by atoms with Gasteiger partial charge in [0, 0.05) is 18.1 Å². The van der Waals surface area contributed by atoms with Crippen molar-refractivity contribution in [1.29, 1.82) is 0 Å². The van der Waals surface area contributed by atoms with Gasteiger partial charge in [-0.2, -0.15) is 0 Å². The summed E-state index contributed by atoms with van der Waals surface area (Å²) in [7, 11) is -2.81. The lowest BCUT2D eigenvalue weighted by Crippen LogP contribution is -2.50. The van der Waals surface area contributed by atoms with E-state index in [4.69, 9.17) is 5.73 Å². The molecule has 0 aromatic heterocycles. The molecule has 0 radical (unpaired) electrons. The van der Waals surface area contributed by atoms with Gasteiger partial charge in [-0.05, 0) is 26.7 Å². The van der Waals surface area contributed by atoms with Crippen LogP contribution < -0.4 is 11.1 Å². The maximum absolute atomic E-state index is 11.3. The quantitative estimate of drug-likeness (QED) is 0.696. The SMILES string of the molecule is CC(N)C(C)NC1CCCS(=O)(=O)C1. The van der Waals surface area contributed by atoms with Gasteiger partial charge in [-0.15, -0.1) is 0 Å². The molecule has 0 bridgehead atoms. The van der Waals surface area contributed by atoms with Crippen LogP contribution in [0, 0.1) is 0 Å². The second kappa shape index (κ2) is 4.59. The molecule has 0 aliphatic carbocycles. The van der Waals surface area contributed by atoms with Crippen molar-refractivity contribution in [2.75, 3.05) is 11.5 Å². The van der Waals surface area contributed by atoms with Crippen LogP contribution in [0.25, 0.3) is 0 Å². The molecule has 0 aromatic rings. The minimum Gasteiger partial charge on any atom is -0.327 e. The van der Waals surface area contributed by atoms with E-state index in [-0.39, 0.29) is 23.9 Å². The van der Waals surface area contributed by atoms with E-state index in [1.807, 2.05) is 13.8 Å². The highest BCUT2D eigenvalue weighted by molar-refractivity contribution is 7.91. The molecule has 84 valence electrons. The summed E-state index contributed by atoms with van der Waals surface area (Å²) in [6.07, 6.45) is 1.71. The minimum absolute atomic E-state index is 0.0552. The van der Waals surface area contributed by atoms with Crippen LogP contribution in [-0.4, -0.2) is 38.0 Å². The fourth-order valence-electron chi connectivity index (χ4n) is 1.68. The molecular weight excluding hydrogens is 200 g/mol. The predicted molar refractivity (Wildman–Crippen MR) is 57.9 cm³/mol. The standard InChI is InChI=1S/C9H20N2O2S/c1-7(10)8(2)11-9-4-3-5-14(12,13)6-9/h7-9,11H,3-6,10H2,1-2H3. The van der Waals surface area contributed by atoms with Gasteiger partial charge >= 0.3 is 0 Å². The Hall–Kier alpha value is -0.130. The van der Waals surface area contributed by atoms with E-state index in [1.54, 1.807) is 0 Å². The number of hydrogen-bond donors (Lipinski definition) is 2. The molecule has 3 unspecified atom stereocenters. The van der Waals surface area contributed by atoms with Crippen LogP contribution in [0.4, 0.5) is 0 Å². The summed E-state index contributed by atoms with van der Waals surface area (Å²) in [6.45, 7) is 3.92. The van der Waals surface area contributed by atoms with Gasteiger partial charge in [-0.25, -0.2) is 8.42 Å². The third-order valence-corrected chi connectivity index (χ3v) is 4.57. The normalized spacial score (nSPS) is 30.9. The van der Waals surface area contributed by atoms with E-state index in [2.05, 4.69) is 5.32 Å². The van der Waals surface area contributed by atoms with E-state index < -0.39 is 9.84 Å². The van der Waals surface area contributed by atoms with Gasteiger partial charge in [0.2, 0.25) is 0 Å². The van der Waals surface area contributed by atoms with Crippen molar-refractivity contribution in [3.63, 3.8) is 0 Å². The van der Waals surface area contributed by atoms with Crippen molar-refractivity contribution in [1.82, 2.24) is 5.32 Å². The minimum atomic E-state index is -2.81. The molecule has 0 amide bonds. The number of nitrogens with one attached hydrogen (secondary N) is 1. The van der Waals surface area contributed by atoms with Crippen molar-refractivity contribution < 1.29 is 8.42 Å². The molecule has 1 aliphatic rings. The van der Waals surface area contributed by atoms with Crippen LogP contribution in [-0.2, 0) is 9.84 Å². The van der Waals surface area contributed by atoms with E-state index in [9.17, 15) is 8.42 Å². The second-order valence-electron chi connectivity index (χ2n) is 4.27. The van der Waals surface area contributed by atoms with Crippen LogP contribution in [0.15, 0.2) is 0 Å². The first-order chi connectivity index (χ1) is 6.41. The molecule has 3 atom stereocenters. The monoisotopic (exact) mass is 220 g/mol. The van der Waals surface area contributed by atoms with Gasteiger partial charge in [0.1, 0.15) is 0 Å². The van der Waals surface area contributed by atoms with Gasteiger partial charge < -0.3 is 11.1 Å². The van der Waals surface area contributed by atoms with Gasteiger partial charge in [0.15, 0.2) is 9.84 Å². The fraction of sp³-hybridized carbons (Fsp3) is 1.00. The lowest BCUT2D eigenvalue weighted by molar-refractivity contribution is 0.397. The molecule has 0 aromatic carbocycles. The smallest absolute Gasteiger partial charge is 0.151 e. The Kier molecular flexibility index (Phi) is 3.92. The Labute approximate surface area is 86.2 Å². The Balaban J connectivity index is 2.46. The van der Waals surface area contributed by atoms with Crippen molar-refractivity contribution in [2.45, 2.75) is 44.8 Å². The summed E-state index contributed by atoms with van der Waals surface area (Å²) >= 11 is 0. The molecule has 4 nitrogen and oxygen atoms in total. The lowest BCUT2D eigenvalue weighted by atomic mass is 10.1. The molecule has 1 fully saturated rings. The number of hydrogen-bond acceptors (Lipinski definition) is 4. The molecular formula is C9H20N2O2S. The summed E-state index contributed by atoms with van der Waals surface area (Å²) in [5.41, 5.74) is 5.71. The average Bonchev–Trinajstić information content (AvgIpc) is 2.01. The van der Waals surface area contributed by atoms with Crippen molar-refractivity contribution >= 4 is 9.84 Å². The van der Waals surface area contributed by atoms with Crippen molar-refractivity contribution in [2.24, 2.45) is 5.73 Å². The summed E-state index contributed by atoms with van der Waals surface area (Å²) in [4.78, 5) is 0.